The molecule has 1 amide bonds. The molecule has 7 heteroatoms. The molecule has 2 fully saturated rings. The molecule has 32 heavy (non-hydrogen) atoms. The summed E-state index contributed by atoms with van der Waals surface area (Å²) in [5.41, 5.74) is 0.549. The summed E-state index contributed by atoms with van der Waals surface area (Å²) >= 11 is 0. The van der Waals surface area contributed by atoms with Crippen LogP contribution in [0.2, 0.25) is 0 Å². The first-order valence-corrected chi connectivity index (χ1v) is 11.0. The first kappa shape index (κ1) is 22.4. The molecule has 2 aromatic rings. The second kappa shape index (κ2) is 9.35. The van der Waals surface area contributed by atoms with Gasteiger partial charge >= 0.3 is 12.3 Å². The molecule has 2 saturated heterocycles. The summed E-state index contributed by atoms with van der Waals surface area (Å²) in [6, 6.07) is 14.3. The number of Topliss-reactive ketones (excluding diaryl/α,β-unsaturated/α-hetero) is 1. The molecule has 0 saturated carbocycles. The van der Waals surface area contributed by atoms with Gasteiger partial charge in [-0.3, -0.25) is 4.79 Å². The maximum absolute atomic E-state index is 13.0. The Hall–Kier alpha value is -2.83. The Morgan fingerprint density at radius 2 is 1.59 bits per heavy atom. The third kappa shape index (κ3) is 5.14. The maximum atomic E-state index is 13.0. The predicted molar refractivity (Wildman–Crippen MR) is 113 cm³/mol. The number of hydrogen-bond donors (Lipinski definition) is 0. The molecular weight excluding hydrogens is 419 g/mol. The maximum Gasteiger partial charge on any atom is 0.416 e. The number of hydrogen-bond acceptors (Lipinski definition) is 3. The fourth-order valence-corrected chi connectivity index (χ4v) is 4.94. The summed E-state index contributed by atoms with van der Waals surface area (Å²) in [5, 5.41) is 0. The Bertz CT molecular complexity index is 946. The summed E-state index contributed by atoms with van der Waals surface area (Å²) in [6.07, 6.45) is -1.12. The number of ether oxygens (including phenoxy) is 1. The van der Waals surface area contributed by atoms with Gasteiger partial charge in [-0.15, -0.1) is 0 Å². The van der Waals surface area contributed by atoms with Crippen molar-refractivity contribution in [3.63, 3.8) is 0 Å². The molecule has 4 nitrogen and oxygen atoms in total. The Kier molecular flexibility index (Phi) is 6.53. The zero-order chi connectivity index (χ0) is 22.7. The molecule has 0 radical (unpaired) electrons. The molecule has 2 heterocycles. The van der Waals surface area contributed by atoms with Crippen molar-refractivity contribution < 1.29 is 27.5 Å². The minimum Gasteiger partial charge on any atom is -0.445 e. The number of carbonyl (C=O) groups excluding carboxylic acids is 2. The Labute approximate surface area is 185 Å². The molecule has 2 aromatic carbocycles. The summed E-state index contributed by atoms with van der Waals surface area (Å²) in [6.45, 7) is 0.202. The number of halogens is 3. The van der Waals surface area contributed by atoms with Crippen LogP contribution in [0.5, 0.6) is 0 Å². The molecule has 2 atom stereocenters. The summed E-state index contributed by atoms with van der Waals surface area (Å²) in [5.74, 6) is -0.309. The van der Waals surface area contributed by atoms with Crippen molar-refractivity contribution in [2.24, 2.45) is 5.92 Å². The fourth-order valence-electron chi connectivity index (χ4n) is 4.94. The molecule has 4 rings (SSSR count). The van der Waals surface area contributed by atoms with Crippen LogP contribution in [0, 0.1) is 5.92 Å². The van der Waals surface area contributed by atoms with Gasteiger partial charge in [0.15, 0.2) is 0 Å². The third-order valence-electron chi connectivity index (χ3n) is 6.48. The number of nitrogens with zero attached hydrogens (tertiary/aromatic N) is 1. The number of fused-ring (bicyclic) bond motifs is 2. The highest BCUT2D eigenvalue weighted by molar-refractivity contribution is 5.84. The number of ketones is 1. The van der Waals surface area contributed by atoms with Gasteiger partial charge in [0.2, 0.25) is 0 Å². The van der Waals surface area contributed by atoms with Gasteiger partial charge in [-0.05, 0) is 49.3 Å². The van der Waals surface area contributed by atoms with Gasteiger partial charge in [-0.2, -0.15) is 13.2 Å². The van der Waals surface area contributed by atoms with E-state index in [4.69, 9.17) is 4.74 Å². The largest absolute Gasteiger partial charge is 0.445 e. The lowest BCUT2D eigenvalue weighted by atomic mass is 9.76. The number of benzene rings is 2. The number of alkyl halides is 3. The molecule has 2 aliphatic heterocycles. The van der Waals surface area contributed by atoms with Crippen LogP contribution in [0.4, 0.5) is 18.0 Å². The standard InChI is InChI=1S/C25H26F3NO3/c26-25(27,28)20-9-4-8-18(12-20)13-23(30)19-14-21-10-5-11-22(15-19)29(21)24(31)32-16-17-6-2-1-3-7-17/h1-4,6-9,12,19,21-22H,5,10-11,13-16H2. The summed E-state index contributed by atoms with van der Waals surface area (Å²) < 4.78 is 44.5. The van der Waals surface area contributed by atoms with Gasteiger partial charge in [0, 0.05) is 24.4 Å². The van der Waals surface area contributed by atoms with E-state index in [9.17, 15) is 22.8 Å². The van der Waals surface area contributed by atoms with Gasteiger partial charge in [-0.25, -0.2) is 4.79 Å². The van der Waals surface area contributed by atoms with Crippen molar-refractivity contribution in [2.75, 3.05) is 0 Å². The lowest BCUT2D eigenvalue weighted by Crippen LogP contribution is -2.55. The van der Waals surface area contributed by atoms with Crippen LogP contribution in [0.15, 0.2) is 54.6 Å². The number of piperidine rings is 2. The minimum absolute atomic E-state index is 0.0213. The second-order valence-corrected chi connectivity index (χ2v) is 8.70. The first-order valence-electron chi connectivity index (χ1n) is 11.0. The Balaban J connectivity index is 1.38. The van der Waals surface area contributed by atoms with Crippen LogP contribution >= 0.6 is 0 Å². The van der Waals surface area contributed by atoms with E-state index < -0.39 is 11.7 Å². The second-order valence-electron chi connectivity index (χ2n) is 8.70. The van der Waals surface area contributed by atoms with Crippen LogP contribution < -0.4 is 0 Å². The summed E-state index contributed by atoms with van der Waals surface area (Å²) in [7, 11) is 0. The topological polar surface area (TPSA) is 46.6 Å². The van der Waals surface area contributed by atoms with Gasteiger partial charge in [0.05, 0.1) is 5.56 Å². The lowest BCUT2D eigenvalue weighted by Gasteiger charge is -2.47. The molecule has 0 aliphatic carbocycles. The molecular formula is C25H26F3NO3. The number of amides is 1. The van der Waals surface area contributed by atoms with Crippen LogP contribution in [0.1, 0.15) is 48.8 Å². The van der Waals surface area contributed by atoms with E-state index >= 15 is 0 Å². The molecule has 0 aromatic heterocycles. The number of rotatable bonds is 5. The highest BCUT2D eigenvalue weighted by atomic mass is 19.4. The minimum atomic E-state index is -4.43. The van der Waals surface area contributed by atoms with Gasteiger partial charge in [-0.1, -0.05) is 48.5 Å². The van der Waals surface area contributed by atoms with E-state index in [1.807, 2.05) is 30.3 Å². The molecule has 2 unspecified atom stereocenters. The molecule has 0 spiro atoms. The molecule has 170 valence electrons. The van der Waals surface area contributed by atoms with E-state index in [1.54, 1.807) is 11.0 Å². The van der Waals surface area contributed by atoms with Crippen LogP contribution in [0.3, 0.4) is 0 Å². The van der Waals surface area contributed by atoms with Crippen molar-refractivity contribution in [3.05, 3.63) is 71.3 Å². The van der Waals surface area contributed by atoms with E-state index in [0.717, 1.165) is 37.0 Å². The smallest absolute Gasteiger partial charge is 0.416 e. The third-order valence-corrected chi connectivity index (χ3v) is 6.48. The van der Waals surface area contributed by atoms with E-state index in [-0.39, 0.29) is 42.9 Å². The molecule has 0 N–H and O–H groups in total. The summed E-state index contributed by atoms with van der Waals surface area (Å²) in [4.78, 5) is 27.5. The normalized spacial score (nSPS) is 23.0. The SMILES string of the molecule is O=C(Cc1cccc(C(F)(F)F)c1)C1CC2CCCC(C1)N2C(=O)OCc1ccccc1. The van der Waals surface area contributed by atoms with Crippen LogP contribution in [0.25, 0.3) is 0 Å². The van der Waals surface area contributed by atoms with Crippen molar-refractivity contribution in [3.8, 4) is 0 Å². The van der Waals surface area contributed by atoms with Gasteiger partial charge in [0.25, 0.3) is 0 Å². The average Bonchev–Trinajstić information content (AvgIpc) is 2.77. The van der Waals surface area contributed by atoms with Crippen molar-refractivity contribution in [2.45, 2.75) is 63.4 Å². The highest BCUT2D eigenvalue weighted by Crippen LogP contribution is 2.38. The zero-order valence-electron chi connectivity index (χ0n) is 17.7. The highest BCUT2D eigenvalue weighted by Gasteiger charge is 2.43. The predicted octanol–water partition coefficient (Wildman–Crippen LogP) is 5.79. The van der Waals surface area contributed by atoms with E-state index in [1.165, 1.54) is 6.07 Å². The average molecular weight is 445 g/mol. The molecule has 2 aliphatic rings. The zero-order valence-corrected chi connectivity index (χ0v) is 17.7. The van der Waals surface area contributed by atoms with Crippen molar-refractivity contribution >= 4 is 11.9 Å². The van der Waals surface area contributed by atoms with Crippen LogP contribution in [-0.4, -0.2) is 28.9 Å². The fraction of sp³-hybridized carbons (Fsp3) is 0.440. The quantitative estimate of drug-likeness (QED) is 0.586. The number of carbonyl (C=O) groups is 2. The van der Waals surface area contributed by atoms with E-state index in [2.05, 4.69) is 0 Å². The molecule has 2 bridgehead atoms. The monoisotopic (exact) mass is 445 g/mol. The van der Waals surface area contributed by atoms with Gasteiger partial charge in [0.1, 0.15) is 12.4 Å². The van der Waals surface area contributed by atoms with Crippen molar-refractivity contribution in [1.82, 2.24) is 4.90 Å². The first-order chi connectivity index (χ1) is 15.3. The lowest BCUT2D eigenvalue weighted by molar-refractivity contribution is -0.137. The van der Waals surface area contributed by atoms with Crippen molar-refractivity contribution in [1.29, 1.82) is 0 Å². The Morgan fingerprint density at radius 3 is 2.25 bits per heavy atom. The van der Waals surface area contributed by atoms with E-state index in [0.29, 0.717) is 18.4 Å². The van der Waals surface area contributed by atoms with Gasteiger partial charge < -0.3 is 9.64 Å². The van der Waals surface area contributed by atoms with Crippen LogP contribution in [-0.2, 0) is 28.7 Å². The Morgan fingerprint density at radius 1 is 0.938 bits per heavy atom.